The van der Waals surface area contributed by atoms with Crippen molar-refractivity contribution in [3.63, 3.8) is 0 Å². The third-order valence-electron chi connectivity index (χ3n) is 5.53. The zero-order chi connectivity index (χ0) is 20.4. The van der Waals surface area contributed by atoms with Gasteiger partial charge in [0, 0.05) is 12.5 Å². The molecule has 0 aromatic carbocycles. The maximum absolute atomic E-state index is 11.6. The Labute approximate surface area is 168 Å². The number of esters is 1. The van der Waals surface area contributed by atoms with E-state index in [2.05, 4.69) is 20.3 Å². The Bertz CT molecular complexity index is 853. The van der Waals surface area contributed by atoms with Gasteiger partial charge in [0.05, 0.1) is 6.33 Å². The number of nitrogens with one attached hydrogen (secondary N) is 1. The van der Waals surface area contributed by atoms with Crippen molar-refractivity contribution in [1.82, 2.24) is 19.5 Å². The van der Waals surface area contributed by atoms with E-state index < -0.39 is 24.5 Å². The standard InChI is InChI=1S/C19H27N5O5/c1-2-5-13(25)28-8-12-15(26)16(27)19(29-12)24-10-22-14-17(20-9-21-18(14)24)23-11-6-3-4-7-11/h9-12,15-16,19,26-27H,2-8H2,1H3,(H,20,21,23)/t12-,15-,16-,19-/m1/s1. The third-order valence-corrected chi connectivity index (χ3v) is 5.53. The molecule has 1 saturated carbocycles. The molecule has 2 aliphatic rings. The predicted molar refractivity (Wildman–Crippen MR) is 103 cm³/mol. The Kier molecular flexibility index (Phi) is 5.93. The zero-order valence-electron chi connectivity index (χ0n) is 16.4. The highest BCUT2D eigenvalue weighted by atomic mass is 16.6. The van der Waals surface area contributed by atoms with Crippen molar-refractivity contribution in [2.45, 2.75) is 76.0 Å². The van der Waals surface area contributed by atoms with E-state index in [9.17, 15) is 15.0 Å². The summed E-state index contributed by atoms with van der Waals surface area (Å²) in [5.74, 6) is 0.295. The van der Waals surface area contributed by atoms with E-state index in [-0.39, 0.29) is 12.6 Å². The fraction of sp³-hybridized carbons (Fsp3) is 0.684. The smallest absolute Gasteiger partial charge is 0.305 e. The first-order valence-corrected chi connectivity index (χ1v) is 10.2. The molecule has 2 aromatic rings. The third kappa shape index (κ3) is 4.05. The van der Waals surface area contributed by atoms with E-state index in [1.54, 1.807) is 4.57 Å². The van der Waals surface area contributed by atoms with Gasteiger partial charge >= 0.3 is 5.97 Å². The Morgan fingerprint density at radius 1 is 1.28 bits per heavy atom. The lowest BCUT2D eigenvalue weighted by Gasteiger charge is -2.17. The molecule has 3 N–H and O–H groups in total. The minimum absolute atomic E-state index is 0.121. The van der Waals surface area contributed by atoms with Crippen LogP contribution in [0.3, 0.4) is 0 Å². The van der Waals surface area contributed by atoms with Crippen molar-refractivity contribution >= 4 is 23.0 Å². The number of aliphatic hydroxyl groups is 2. The number of rotatable bonds is 7. The number of hydrogen-bond acceptors (Lipinski definition) is 9. The summed E-state index contributed by atoms with van der Waals surface area (Å²) in [5, 5.41) is 24.3. The minimum atomic E-state index is -1.21. The average Bonchev–Trinajstić information content (AvgIpc) is 3.43. The summed E-state index contributed by atoms with van der Waals surface area (Å²) in [7, 11) is 0. The lowest BCUT2D eigenvalue weighted by atomic mass is 10.1. The van der Waals surface area contributed by atoms with E-state index in [0.717, 1.165) is 12.8 Å². The Morgan fingerprint density at radius 3 is 2.83 bits per heavy atom. The number of nitrogens with zero attached hydrogens (tertiary/aromatic N) is 4. The molecule has 0 unspecified atom stereocenters. The first kappa shape index (κ1) is 20.0. The van der Waals surface area contributed by atoms with Crippen molar-refractivity contribution in [3.05, 3.63) is 12.7 Å². The molecule has 4 atom stereocenters. The number of carbonyl (C=O) groups is 1. The van der Waals surface area contributed by atoms with Gasteiger partial charge in [-0.2, -0.15) is 0 Å². The van der Waals surface area contributed by atoms with Gasteiger partial charge in [0.1, 0.15) is 31.2 Å². The van der Waals surface area contributed by atoms with Crippen LogP contribution in [0, 0.1) is 0 Å². The molecule has 3 heterocycles. The van der Waals surface area contributed by atoms with E-state index in [4.69, 9.17) is 9.47 Å². The zero-order valence-corrected chi connectivity index (χ0v) is 16.4. The van der Waals surface area contributed by atoms with Crippen LogP contribution < -0.4 is 5.32 Å². The number of fused-ring (bicyclic) bond motifs is 1. The molecule has 10 heteroatoms. The Morgan fingerprint density at radius 2 is 2.07 bits per heavy atom. The molecule has 0 bridgehead atoms. The number of carbonyl (C=O) groups excluding carboxylic acids is 1. The Balaban J connectivity index is 1.51. The molecular weight excluding hydrogens is 378 g/mol. The topological polar surface area (TPSA) is 132 Å². The lowest BCUT2D eigenvalue weighted by Crippen LogP contribution is -2.34. The largest absolute Gasteiger partial charge is 0.463 e. The summed E-state index contributed by atoms with van der Waals surface area (Å²) >= 11 is 0. The molecule has 2 fully saturated rings. The van der Waals surface area contributed by atoms with Crippen LogP contribution in [0.2, 0.25) is 0 Å². The lowest BCUT2D eigenvalue weighted by molar-refractivity contribution is -0.150. The monoisotopic (exact) mass is 405 g/mol. The molecule has 29 heavy (non-hydrogen) atoms. The fourth-order valence-electron chi connectivity index (χ4n) is 3.96. The summed E-state index contributed by atoms with van der Waals surface area (Å²) in [6.45, 7) is 1.76. The van der Waals surface area contributed by atoms with Crippen molar-refractivity contribution in [1.29, 1.82) is 0 Å². The molecule has 0 radical (unpaired) electrons. The summed E-state index contributed by atoms with van der Waals surface area (Å²) in [4.78, 5) is 24.6. The molecule has 10 nitrogen and oxygen atoms in total. The summed E-state index contributed by atoms with van der Waals surface area (Å²) in [6, 6.07) is 0.371. The van der Waals surface area contributed by atoms with Crippen LogP contribution >= 0.6 is 0 Å². The van der Waals surface area contributed by atoms with E-state index in [0.29, 0.717) is 35.9 Å². The van der Waals surface area contributed by atoms with E-state index >= 15 is 0 Å². The van der Waals surface area contributed by atoms with Gasteiger partial charge in [0.2, 0.25) is 0 Å². The van der Waals surface area contributed by atoms with Crippen molar-refractivity contribution in [2.24, 2.45) is 0 Å². The molecule has 4 rings (SSSR count). The second-order valence-electron chi connectivity index (χ2n) is 7.65. The molecule has 1 saturated heterocycles. The van der Waals surface area contributed by atoms with Gasteiger partial charge in [-0.25, -0.2) is 15.0 Å². The van der Waals surface area contributed by atoms with Crippen LogP contribution in [0.15, 0.2) is 12.7 Å². The van der Waals surface area contributed by atoms with Gasteiger partial charge < -0.3 is 25.0 Å². The predicted octanol–water partition coefficient (Wildman–Crippen LogP) is 1.14. The van der Waals surface area contributed by atoms with Crippen LogP contribution in [0.1, 0.15) is 51.7 Å². The van der Waals surface area contributed by atoms with E-state index in [1.165, 1.54) is 25.5 Å². The maximum atomic E-state index is 11.6. The first-order valence-electron chi connectivity index (χ1n) is 10.2. The van der Waals surface area contributed by atoms with Crippen LogP contribution in [0.4, 0.5) is 5.82 Å². The van der Waals surface area contributed by atoms with Gasteiger partial charge in [-0.1, -0.05) is 19.8 Å². The van der Waals surface area contributed by atoms with Crippen LogP contribution in [-0.2, 0) is 14.3 Å². The number of hydrogen-bond donors (Lipinski definition) is 3. The number of imidazole rings is 1. The quantitative estimate of drug-likeness (QED) is 0.580. The summed E-state index contributed by atoms with van der Waals surface area (Å²) in [5.41, 5.74) is 1.09. The molecule has 0 spiro atoms. The Hall–Kier alpha value is -2.30. The molecule has 0 amide bonds. The second-order valence-corrected chi connectivity index (χ2v) is 7.65. The first-order chi connectivity index (χ1) is 14.1. The molecule has 2 aromatic heterocycles. The average molecular weight is 405 g/mol. The number of anilines is 1. The minimum Gasteiger partial charge on any atom is -0.463 e. The fourth-order valence-corrected chi connectivity index (χ4v) is 3.96. The van der Waals surface area contributed by atoms with Crippen LogP contribution in [0.25, 0.3) is 11.2 Å². The van der Waals surface area contributed by atoms with Crippen molar-refractivity contribution in [2.75, 3.05) is 11.9 Å². The molecule has 158 valence electrons. The van der Waals surface area contributed by atoms with E-state index in [1.807, 2.05) is 6.92 Å². The highest BCUT2D eigenvalue weighted by molar-refractivity contribution is 5.82. The molecule has 1 aliphatic carbocycles. The summed E-state index contributed by atoms with van der Waals surface area (Å²) < 4.78 is 12.5. The van der Waals surface area contributed by atoms with Gasteiger partial charge in [0.15, 0.2) is 23.2 Å². The van der Waals surface area contributed by atoms with Gasteiger partial charge in [-0.05, 0) is 19.3 Å². The van der Waals surface area contributed by atoms with Crippen LogP contribution in [0.5, 0.6) is 0 Å². The van der Waals surface area contributed by atoms with Crippen molar-refractivity contribution in [3.8, 4) is 0 Å². The summed E-state index contributed by atoms with van der Waals surface area (Å²) in [6.07, 6.45) is 4.42. The number of ether oxygens (including phenoxy) is 2. The highest BCUT2D eigenvalue weighted by Gasteiger charge is 2.45. The highest BCUT2D eigenvalue weighted by Crippen LogP contribution is 2.33. The maximum Gasteiger partial charge on any atom is 0.305 e. The van der Waals surface area contributed by atoms with Crippen LogP contribution in [-0.4, -0.2) is 66.7 Å². The van der Waals surface area contributed by atoms with Crippen molar-refractivity contribution < 1.29 is 24.5 Å². The molecular formula is C19H27N5O5. The number of aromatic nitrogens is 4. The van der Waals surface area contributed by atoms with Gasteiger partial charge in [0.25, 0.3) is 0 Å². The number of aliphatic hydroxyl groups excluding tert-OH is 2. The normalized spacial score (nSPS) is 27.6. The second kappa shape index (κ2) is 8.60. The van der Waals surface area contributed by atoms with Gasteiger partial charge in [-0.15, -0.1) is 0 Å². The SMILES string of the molecule is CCCC(=O)OC[C@H]1O[C@@H](n2cnc3c(NC4CCCC4)ncnc32)[C@H](O)[C@@H]1O. The van der Waals surface area contributed by atoms with Gasteiger partial charge in [-0.3, -0.25) is 9.36 Å². The molecule has 1 aliphatic heterocycles.